The van der Waals surface area contributed by atoms with Crippen molar-refractivity contribution in [2.45, 2.75) is 70.7 Å². The highest BCUT2D eigenvalue weighted by Gasteiger charge is 2.55. The van der Waals surface area contributed by atoms with Crippen LogP contribution in [0.1, 0.15) is 41.0 Å². The van der Waals surface area contributed by atoms with Gasteiger partial charge < -0.3 is 14.2 Å². The van der Waals surface area contributed by atoms with Crippen LogP contribution in [0.2, 0.25) is 0 Å². The van der Waals surface area contributed by atoms with Crippen molar-refractivity contribution in [1.82, 2.24) is 0 Å². The van der Waals surface area contributed by atoms with Crippen molar-refractivity contribution in [3.05, 3.63) is 0 Å². The molecule has 7 heteroatoms. The summed E-state index contributed by atoms with van der Waals surface area (Å²) in [5.41, 5.74) is -0.250. The first-order valence-corrected chi connectivity index (χ1v) is 9.06. The van der Waals surface area contributed by atoms with E-state index in [1.807, 2.05) is 34.6 Å². The Labute approximate surface area is 127 Å². The zero-order chi connectivity index (χ0) is 16.1. The van der Waals surface area contributed by atoms with Crippen LogP contribution in [0.3, 0.4) is 0 Å². The van der Waals surface area contributed by atoms with Gasteiger partial charge >= 0.3 is 0 Å². The summed E-state index contributed by atoms with van der Waals surface area (Å²) in [6.45, 7) is 10.1. The molecule has 0 aromatic heterocycles. The summed E-state index contributed by atoms with van der Waals surface area (Å²) in [5, 5.41) is 0. The van der Waals surface area contributed by atoms with Crippen LogP contribution in [0, 0.1) is 5.92 Å². The molecule has 2 aliphatic rings. The van der Waals surface area contributed by atoms with E-state index < -0.39 is 22.0 Å². The second-order valence-electron chi connectivity index (χ2n) is 7.32. The van der Waals surface area contributed by atoms with Gasteiger partial charge in [0, 0.05) is 5.92 Å². The molecule has 0 aromatic carbocycles. The van der Waals surface area contributed by atoms with Gasteiger partial charge in [-0.2, -0.15) is 8.42 Å². The van der Waals surface area contributed by atoms with Crippen LogP contribution < -0.4 is 0 Å². The van der Waals surface area contributed by atoms with Gasteiger partial charge in [0.25, 0.3) is 10.1 Å². The Hall–Kier alpha value is -0.210. The zero-order valence-corrected chi connectivity index (χ0v) is 14.4. The summed E-state index contributed by atoms with van der Waals surface area (Å²) in [6.07, 6.45) is 0.522. The quantitative estimate of drug-likeness (QED) is 0.734. The minimum absolute atomic E-state index is 0.0581. The molecular formula is C14H26O6S. The van der Waals surface area contributed by atoms with E-state index in [4.69, 9.17) is 18.4 Å². The molecule has 0 N–H and O–H groups in total. The molecule has 1 heterocycles. The van der Waals surface area contributed by atoms with Crippen LogP contribution >= 0.6 is 0 Å². The highest BCUT2D eigenvalue weighted by Crippen LogP contribution is 2.43. The van der Waals surface area contributed by atoms with Crippen molar-refractivity contribution in [1.29, 1.82) is 0 Å². The lowest BCUT2D eigenvalue weighted by molar-refractivity contribution is -0.168. The molecule has 1 aliphatic carbocycles. The molecule has 2 rings (SSSR count). The smallest absolute Gasteiger partial charge is 0.264 e. The highest BCUT2D eigenvalue weighted by molar-refractivity contribution is 7.86. The first-order valence-electron chi connectivity index (χ1n) is 7.24. The molecule has 0 radical (unpaired) electrons. The van der Waals surface area contributed by atoms with Gasteiger partial charge in [-0.25, -0.2) is 0 Å². The van der Waals surface area contributed by atoms with E-state index in [0.29, 0.717) is 13.0 Å². The minimum atomic E-state index is -3.53. The molecule has 1 aliphatic heterocycles. The lowest BCUT2D eigenvalue weighted by atomic mass is 10.1. The van der Waals surface area contributed by atoms with Gasteiger partial charge in [0.1, 0.15) is 12.2 Å². The number of fused-ring (bicyclic) bond motifs is 1. The summed E-state index contributed by atoms with van der Waals surface area (Å²) in [6, 6.07) is 0. The summed E-state index contributed by atoms with van der Waals surface area (Å²) in [7, 11) is -3.53. The van der Waals surface area contributed by atoms with Crippen LogP contribution in [0.15, 0.2) is 0 Å². The van der Waals surface area contributed by atoms with Gasteiger partial charge in [0.15, 0.2) is 5.79 Å². The molecule has 124 valence electrons. The van der Waals surface area contributed by atoms with Crippen LogP contribution in [0.4, 0.5) is 0 Å². The molecule has 0 spiro atoms. The summed E-state index contributed by atoms with van der Waals surface area (Å²) in [5.74, 6) is -0.669. The minimum Gasteiger partial charge on any atom is -0.375 e. The van der Waals surface area contributed by atoms with Crippen LogP contribution in [0.25, 0.3) is 0 Å². The van der Waals surface area contributed by atoms with Gasteiger partial charge in [-0.15, -0.1) is 0 Å². The maximum absolute atomic E-state index is 11.4. The molecule has 0 amide bonds. The van der Waals surface area contributed by atoms with Crippen LogP contribution in [-0.2, 0) is 28.5 Å². The molecule has 2 fully saturated rings. The third kappa shape index (κ3) is 4.63. The molecule has 1 saturated carbocycles. The van der Waals surface area contributed by atoms with Crippen LogP contribution in [-0.4, -0.2) is 51.0 Å². The number of hydrogen-bond donors (Lipinski definition) is 0. The van der Waals surface area contributed by atoms with E-state index in [1.54, 1.807) is 0 Å². The van der Waals surface area contributed by atoms with Crippen molar-refractivity contribution in [2.24, 2.45) is 5.92 Å². The van der Waals surface area contributed by atoms with Gasteiger partial charge in [0.2, 0.25) is 0 Å². The van der Waals surface area contributed by atoms with E-state index >= 15 is 0 Å². The number of rotatable bonds is 4. The Bertz CT molecular complexity index is 478. The van der Waals surface area contributed by atoms with Gasteiger partial charge in [-0.3, -0.25) is 4.18 Å². The third-order valence-electron chi connectivity index (χ3n) is 3.56. The highest BCUT2D eigenvalue weighted by atomic mass is 32.2. The lowest BCUT2D eigenvalue weighted by Crippen LogP contribution is -2.32. The van der Waals surface area contributed by atoms with Crippen LogP contribution in [0.5, 0.6) is 0 Å². The normalized spacial score (nSPS) is 35.9. The van der Waals surface area contributed by atoms with E-state index in [-0.39, 0.29) is 23.7 Å². The van der Waals surface area contributed by atoms with E-state index in [1.165, 1.54) is 0 Å². The molecular weight excluding hydrogens is 296 g/mol. The van der Waals surface area contributed by atoms with Crippen molar-refractivity contribution in [2.75, 3.05) is 12.9 Å². The summed E-state index contributed by atoms with van der Waals surface area (Å²) < 4.78 is 45.6. The molecule has 6 nitrogen and oxygen atoms in total. The van der Waals surface area contributed by atoms with Crippen molar-refractivity contribution in [3.8, 4) is 0 Å². The number of ether oxygens (including phenoxy) is 3. The Morgan fingerprint density at radius 3 is 2.29 bits per heavy atom. The third-order valence-corrected chi connectivity index (χ3v) is 4.16. The first kappa shape index (κ1) is 17.1. The standard InChI is InChI=1S/C14H26O6S/c1-13(2,3)17-8-9-7-10(20-21(6,15)16)12-11(9)18-14(4,5)19-12/h9-12H,7-8H2,1-6H3/t9-,10+,11-,12+/m0/s1. The maximum Gasteiger partial charge on any atom is 0.264 e. The Balaban J connectivity index is 2.09. The average molecular weight is 322 g/mol. The fourth-order valence-electron chi connectivity index (χ4n) is 2.87. The van der Waals surface area contributed by atoms with E-state index in [9.17, 15) is 8.42 Å². The predicted molar refractivity (Wildman–Crippen MR) is 77.4 cm³/mol. The van der Waals surface area contributed by atoms with Gasteiger partial charge in [-0.1, -0.05) is 0 Å². The molecule has 0 bridgehead atoms. The summed E-state index contributed by atoms with van der Waals surface area (Å²) in [4.78, 5) is 0. The molecule has 0 unspecified atom stereocenters. The monoisotopic (exact) mass is 322 g/mol. The van der Waals surface area contributed by atoms with E-state index in [2.05, 4.69) is 0 Å². The molecule has 0 aromatic rings. The Morgan fingerprint density at radius 1 is 1.19 bits per heavy atom. The lowest BCUT2D eigenvalue weighted by Gasteiger charge is -2.26. The topological polar surface area (TPSA) is 71.1 Å². The average Bonchev–Trinajstić information content (AvgIpc) is 2.68. The fraction of sp³-hybridized carbons (Fsp3) is 1.00. The Morgan fingerprint density at radius 2 is 1.76 bits per heavy atom. The van der Waals surface area contributed by atoms with Gasteiger partial charge in [0.05, 0.1) is 24.6 Å². The Kier molecular flexibility index (Phi) is 4.45. The van der Waals surface area contributed by atoms with Crippen molar-refractivity contribution in [3.63, 3.8) is 0 Å². The fourth-order valence-corrected chi connectivity index (χ4v) is 3.51. The summed E-state index contributed by atoms with van der Waals surface area (Å²) >= 11 is 0. The first-order chi connectivity index (χ1) is 9.36. The predicted octanol–water partition coefficient (Wildman–Crippen LogP) is 1.69. The maximum atomic E-state index is 11.4. The largest absolute Gasteiger partial charge is 0.375 e. The van der Waals surface area contributed by atoms with Crippen molar-refractivity contribution >= 4 is 10.1 Å². The zero-order valence-electron chi connectivity index (χ0n) is 13.6. The van der Waals surface area contributed by atoms with Crippen molar-refractivity contribution < 1.29 is 26.8 Å². The second kappa shape index (κ2) is 5.45. The molecule has 1 saturated heterocycles. The van der Waals surface area contributed by atoms with E-state index in [0.717, 1.165) is 6.26 Å². The molecule has 4 atom stereocenters. The number of hydrogen-bond acceptors (Lipinski definition) is 6. The van der Waals surface area contributed by atoms with Gasteiger partial charge in [-0.05, 0) is 41.0 Å². The second-order valence-corrected chi connectivity index (χ2v) is 8.92. The molecule has 21 heavy (non-hydrogen) atoms. The SMILES string of the molecule is CC(C)(C)OC[C@@H]1C[C@@H](OS(C)(=O)=O)[C@H]2OC(C)(C)O[C@@H]12.